The van der Waals surface area contributed by atoms with E-state index in [1.54, 1.807) is 0 Å². The first kappa shape index (κ1) is 13.5. The zero-order chi connectivity index (χ0) is 15.0. The molecular weight excluding hydrogens is 262 g/mol. The number of aliphatic imine (C=N–C) groups is 1. The topological polar surface area (TPSA) is 59.6 Å². The summed E-state index contributed by atoms with van der Waals surface area (Å²) in [6.45, 7) is 6.15. The van der Waals surface area contributed by atoms with E-state index in [9.17, 15) is 0 Å². The number of rotatable bonds is 1. The van der Waals surface area contributed by atoms with Crippen LogP contribution in [-0.2, 0) is 0 Å². The molecule has 1 atom stereocenters. The van der Waals surface area contributed by atoms with Crippen molar-refractivity contribution in [2.45, 2.75) is 26.9 Å². The third-order valence-electron chi connectivity index (χ3n) is 3.77. The van der Waals surface area contributed by atoms with Gasteiger partial charge in [0, 0.05) is 5.69 Å². The Morgan fingerprint density at radius 2 is 2.00 bits per heavy atom. The lowest BCUT2D eigenvalue weighted by molar-refractivity contribution is 0.283. The third kappa shape index (κ3) is 2.57. The SMILES string of the molecule is Cc1cccc(N=C2Nc3cc(N)ccc3OC2C)c1C. The summed E-state index contributed by atoms with van der Waals surface area (Å²) in [7, 11) is 0. The van der Waals surface area contributed by atoms with Crippen molar-refractivity contribution in [1.29, 1.82) is 0 Å². The lowest BCUT2D eigenvalue weighted by Gasteiger charge is -2.26. The van der Waals surface area contributed by atoms with E-state index in [0.717, 1.165) is 23.0 Å². The summed E-state index contributed by atoms with van der Waals surface area (Å²) in [4.78, 5) is 4.73. The second-order valence-electron chi connectivity index (χ2n) is 5.36. The minimum absolute atomic E-state index is 0.124. The highest BCUT2D eigenvalue weighted by Crippen LogP contribution is 2.32. The van der Waals surface area contributed by atoms with Crippen molar-refractivity contribution in [3.8, 4) is 5.75 Å². The zero-order valence-electron chi connectivity index (χ0n) is 12.5. The molecule has 21 heavy (non-hydrogen) atoms. The average Bonchev–Trinajstić information content (AvgIpc) is 2.45. The van der Waals surface area contributed by atoms with Gasteiger partial charge in [-0.15, -0.1) is 0 Å². The molecule has 1 unspecified atom stereocenters. The Labute approximate surface area is 124 Å². The Morgan fingerprint density at radius 1 is 1.19 bits per heavy atom. The van der Waals surface area contributed by atoms with Crippen molar-refractivity contribution in [3.63, 3.8) is 0 Å². The summed E-state index contributed by atoms with van der Waals surface area (Å²) in [5.41, 5.74) is 10.7. The molecule has 0 spiro atoms. The number of hydrogen-bond donors (Lipinski definition) is 2. The summed E-state index contributed by atoms with van der Waals surface area (Å²) < 4.78 is 5.89. The van der Waals surface area contributed by atoms with Crippen molar-refractivity contribution >= 4 is 22.9 Å². The highest BCUT2D eigenvalue weighted by molar-refractivity contribution is 6.03. The third-order valence-corrected chi connectivity index (χ3v) is 3.77. The fraction of sp³-hybridized carbons (Fsp3) is 0.235. The van der Waals surface area contributed by atoms with Crippen LogP contribution >= 0.6 is 0 Å². The number of hydrogen-bond acceptors (Lipinski definition) is 3. The van der Waals surface area contributed by atoms with E-state index in [1.807, 2.05) is 37.3 Å². The van der Waals surface area contributed by atoms with Gasteiger partial charge in [0.25, 0.3) is 0 Å². The number of ether oxygens (including phenoxy) is 1. The maximum Gasteiger partial charge on any atom is 0.153 e. The monoisotopic (exact) mass is 281 g/mol. The first-order valence-corrected chi connectivity index (χ1v) is 7.02. The highest BCUT2D eigenvalue weighted by Gasteiger charge is 2.22. The van der Waals surface area contributed by atoms with Gasteiger partial charge in [0.1, 0.15) is 11.6 Å². The molecule has 0 bridgehead atoms. The van der Waals surface area contributed by atoms with Gasteiger partial charge in [-0.1, -0.05) is 12.1 Å². The molecule has 0 aliphatic carbocycles. The van der Waals surface area contributed by atoms with Crippen LogP contribution in [0, 0.1) is 13.8 Å². The molecule has 0 radical (unpaired) electrons. The van der Waals surface area contributed by atoms with Crippen LogP contribution < -0.4 is 15.8 Å². The number of nitrogen functional groups attached to an aromatic ring is 1. The number of anilines is 2. The molecule has 2 aromatic rings. The molecule has 0 aromatic heterocycles. The molecule has 1 heterocycles. The lowest BCUT2D eigenvalue weighted by Crippen LogP contribution is -2.34. The Balaban J connectivity index is 1.99. The molecule has 3 rings (SSSR count). The zero-order valence-corrected chi connectivity index (χ0v) is 12.5. The molecule has 108 valence electrons. The minimum Gasteiger partial charge on any atom is -0.481 e. The van der Waals surface area contributed by atoms with Gasteiger partial charge in [-0.3, -0.25) is 0 Å². The van der Waals surface area contributed by atoms with Crippen LogP contribution in [0.25, 0.3) is 0 Å². The van der Waals surface area contributed by atoms with Crippen LogP contribution in [0.2, 0.25) is 0 Å². The van der Waals surface area contributed by atoms with Gasteiger partial charge in [-0.2, -0.15) is 0 Å². The molecule has 0 saturated heterocycles. The molecule has 0 fully saturated rings. The van der Waals surface area contributed by atoms with Gasteiger partial charge in [0.2, 0.25) is 0 Å². The van der Waals surface area contributed by atoms with E-state index in [4.69, 9.17) is 15.5 Å². The molecule has 3 N–H and O–H groups in total. The number of fused-ring (bicyclic) bond motifs is 1. The molecule has 1 aliphatic rings. The number of nitrogens with zero attached hydrogens (tertiary/aromatic N) is 1. The predicted molar refractivity (Wildman–Crippen MR) is 87.6 cm³/mol. The fourth-order valence-electron chi connectivity index (χ4n) is 2.34. The molecular formula is C17H19N3O. The van der Waals surface area contributed by atoms with Gasteiger partial charge in [0.15, 0.2) is 6.10 Å². The van der Waals surface area contributed by atoms with Crippen LogP contribution in [0.15, 0.2) is 41.4 Å². The van der Waals surface area contributed by atoms with Crippen LogP contribution in [0.4, 0.5) is 17.1 Å². The van der Waals surface area contributed by atoms with E-state index in [2.05, 4.69) is 25.2 Å². The van der Waals surface area contributed by atoms with Crippen LogP contribution in [0.3, 0.4) is 0 Å². The van der Waals surface area contributed by atoms with Crippen LogP contribution in [-0.4, -0.2) is 11.9 Å². The summed E-state index contributed by atoms with van der Waals surface area (Å²) in [5, 5.41) is 3.33. The quantitative estimate of drug-likeness (QED) is 0.781. The van der Waals surface area contributed by atoms with Crippen molar-refractivity contribution in [2.24, 2.45) is 4.99 Å². The fourth-order valence-corrected chi connectivity index (χ4v) is 2.34. The Morgan fingerprint density at radius 3 is 2.81 bits per heavy atom. The summed E-state index contributed by atoms with van der Waals surface area (Å²) in [6.07, 6.45) is -0.124. The molecule has 0 amide bonds. The largest absolute Gasteiger partial charge is 0.481 e. The van der Waals surface area contributed by atoms with E-state index >= 15 is 0 Å². The van der Waals surface area contributed by atoms with Gasteiger partial charge < -0.3 is 15.8 Å². The lowest BCUT2D eigenvalue weighted by atomic mass is 10.1. The van der Waals surface area contributed by atoms with E-state index in [1.165, 1.54) is 11.1 Å². The second-order valence-corrected chi connectivity index (χ2v) is 5.36. The first-order chi connectivity index (χ1) is 10.0. The molecule has 0 saturated carbocycles. The normalized spacial score (nSPS) is 18.8. The smallest absolute Gasteiger partial charge is 0.153 e. The number of nitrogens with one attached hydrogen (secondary N) is 1. The Hall–Kier alpha value is -2.49. The van der Waals surface area contributed by atoms with Crippen molar-refractivity contribution in [2.75, 3.05) is 11.1 Å². The van der Waals surface area contributed by atoms with Gasteiger partial charge in [-0.25, -0.2) is 4.99 Å². The summed E-state index contributed by atoms with van der Waals surface area (Å²) in [5.74, 6) is 1.60. The van der Waals surface area contributed by atoms with Crippen LogP contribution in [0.5, 0.6) is 5.75 Å². The van der Waals surface area contributed by atoms with Gasteiger partial charge >= 0.3 is 0 Å². The van der Waals surface area contributed by atoms with Crippen LogP contribution in [0.1, 0.15) is 18.1 Å². The maximum atomic E-state index is 5.89. The maximum absolute atomic E-state index is 5.89. The van der Waals surface area contributed by atoms with E-state index in [-0.39, 0.29) is 6.10 Å². The van der Waals surface area contributed by atoms with E-state index < -0.39 is 0 Å². The molecule has 4 heteroatoms. The standard InChI is InChI=1S/C17H19N3O/c1-10-5-4-6-14(11(10)2)19-17-12(3)21-16-8-7-13(18)9-15(16)20-17/h4-9,12H,18H2,1-3H3,(H,19,20). The average molecular weight is 281 g/mol. The Kier molecular flexibility index (Phi) is 3.29. The highest BCUT2D eigenvalue weighted by atomic mass is 16.5. The number of amidine groups is 1. The summed E-state index contributed by atoms with van der Waals surface area (Å²) in [6, 6.07) is 11.7. The number of aryl methyl sites for hydroxylation is 1. The number of benzene rings is 2. The molecule has 4 nitrogen and oxygen atoms in total. The van der Waals surface area contributed by atoms with E-state index in [0.29, 0.717) is 5.69 Å². The summed E-state index contributed by atoms with van der Waals surface area (Å²) >= 11 is 0. The van der Waals surface area contributed by atoms with Gasteiger partial charge in [-0.05, 0) is 56.2 Å². The van der Waals surface area contributed by atoms with Gasteiger partial charge in [0.05, 0.1) is 11.4 Å². The first-order valence-electron chi connectivity index (χ1n) is 7.02. The Bertz CT molecular complexity index is 722. The van der Waals surface area contributed by atoms with Crippen molar-refractivity contribution in [3.05, 3.63) is 47.5 Å². The van der Waals surface area contributed by atoms with Crippen molar-refractivity contribution < 1.29 is 4.74 Å². The molecule has 1 aliphatic heterocycles. The predicted octanol–water partition coefficient (Wildman–Crippen LogP) is 3.81. The molecule has 2 aromatic carbocycles. The second kappa shape index (κ2) is 5.13. The number of nitrogens with two attached hydrogens (primary N) is 1. The van der Waals surface area contributed by atoms with Crippen molar-refractivity contribution in [1.82, 2.24) is 0 Å². The minimum atomic E-state index is -0.124.